The number of amides is 1. The van der Waals surface area contributed by atoms with Gasteiger partial charge in [0.05, 0.1) is 18.9 Å². The summed E-state index contributed by atoms with van der Waals surface area (Å²) in [6.45, 7) is 7.97. The van der Waals surface area contributed by atoms with E-state index < -0.39 is 5.97 Å². The molecule has 0 saturated carbocycles. The third-order valence-corrected chi connectivity index (χ3v) is 7.83. The number of hydrogen-bond donors (Lipinski definition) is 1. The van der Waals surface area contributed by atoms with E-state index in [1.807, 2.05) is 49.4 Å². The van der Waals surface area contributed by atoms with E-state index in [4.69, 9.17) is 13.9 Å². The molecule has 1 N–H and O–H groups in total. The zero-order valence-electron chi connectivity index (χ0n) is 24.5. The van der Waals surface area contributed by atoms with Crippen LogP contribution in [0.15, 0.2) is 46.9 Å². The number of aromatic nitrogens is 1. The minimum Gasteiger partial charge on any atom is -0.493 e. The first kappa shape index (κ1) is 30.2. The molecule has 0 radical (unpaired) electrons. The van der Waals surface area contributed by atoms with Crippen molar-refractivity contribution in [2.45, 2.75) is 78.7 Å². The molecule has 8 nitrogen and oxygen atoms in total. The second kappa shape index (κ2) is 14.7. The van der Waals surface area contributed by atoms with E-state index in [9.17, 15) is 14.7 Å². The van der Waals surface area contributed by atoms with Gasteiger partial charge in [0.25, 0.3) is 0 Å². The molecule has 0 saturated heterocycles. The zero-order valence-corrected chi connectivity index (χ0v) is 24.5. The standard InChI is InChI=1S/C33H42N2O6/c1-4-6-10-24(5-2)22-40-33(38)35-19-17-27-28(21-35)25(14-16-31(36)37)13-15-30(27)39-20-18-29-23(3)41-32(34-29)26-11-8-7-9-12-26/h7-9,11-13,15,24H,4-6,10,14,16-22H2,1-3H3,(H,36,37). The van der Waals surface area contributed by atoms with Crippen molar-refractivity contribution in [2.24, 2.45) is 5.92 Å². The van der Waals surface area contributed by atoms with Gasteiger partial charge in [0.1, 0.15) is 11.5 Å². The highest BCUT2D eigenvalue weighted by Crippen LogP contribution is 2.32. The van der Waals surface area contributed by atoms with E-state index in [0.29, 0.717) is 57.4 Å². The predicted octanol–water partition coefficient (Wildman–Crippen LogP) is 7.00. The number of aryl methyl sites for hydroxylation is 2. The van der Waals surface area contributed by atoms with Gasteiger partial charge >= 0.3 is 12.1 Å². The third-order valence-electron chi connectivity index (χ3n) is 7.83. The molecule has 220 valence electrons. The van der Waals surface area contributed by atoms with E-state index in [1.165, 1.54) is 0 Å². The molecule has 0 aliphatic carbocycles. The number of benzene rings is 2. The Morgan fingerprint density at radius 3 is 2.63 bits per heavy atom. The van der Waals surface area contributed by atoms with Gasteiger partial charge in [-0.25, -0.2) is 9.78 Å². The maximum Gasteiger partial charge on any atom is 0.410 e. The largest absolute Gasteiger partial charge is 0.493 e. The van der Waals surface area contributed by atoms with Crippen LogP contribution in [0.25, 0.3) is 11.5 Å². The summed E-state index contributed by atoms with van der Waals surface area (Å²) in [7, 11) is 0. The molecule has 1 amide bonds. The van der Waals surface area contributed by atoms with E-state index in [0.717, 1.165) is 65.1 Å². The second-order valence-corrected chi connectivity index (χ2v) is 10.7. The minimum atomic E-state index is -0.846. The second-order valence-electron chi connectivity index (χ2n) is 10.7. The van der Waals surface area contributed by atoms with Gasteiger partial charge in [-0.2, -0.15) is 0 Å². The van der Waals surface area contributed by atoms with Crippen LogP contribution >= 0.6 is 0 Å². The molecule has 8 heteroatoms. The average molecular weight is 563 g/mol. The summed E-state index contributed by atoms with van der Waals surface area (Å²) in [6, 6.07) is 13.7. The molecular formula is C33H42N2O6. The van der Waals surface area contributed by atoms with Gasteiger partial charge in [0.15, 0.2) is 0 Å². The smallest absolute Gasteiger partial charge is 0.410 e. The van der Waals surface area contributed by atoms with Crippen LogP contribution in [-0.2, 0) is 35.3 Å². The number of oxazole rings is 1. The van der Waals surface area contributed by atoms with Crippen molar-refractivity contribution in [3.8, 4) is 17.2 Å². The predicted molar refractivity (Wildman–Crippen MR) is 157 cm³/mol. The van der Waals surface area contributed by atoms with Gasteiger partial charge in [-0.05, 0) is 61.4 Å². The number of carboxylic acids is 1. The Morgan fingerprint density at radius 2 is 1.90 bits per heavy atom. The molecule has 1 aliphatic heterocycles. The number of carbonyl (C=O) groups is 2. The summed E-state index contributed by atoms with van der Waals surface area (Å²) in [5, 5.41) is 9.28. The Bertz CT molecular complexity index is 1300. The molecule has 0 spiro atoms. The average Bonchev–Trinajstić information content (AvgIpc) is 3.36. The lowest BCUT2D eigenvalue weighted by Gasteiger charge is -2.31. The molecule has 1 unspecified atom stereocenters. The Labute approximate surface area is 242 Å². The van der Waals surface area contributed by atoms with Crippen molar-refractivity contribution in [1.29, 1.82) is 0 Å². The highest BCUT2D eigenvalue weighted by atomic mass is 16.6. The lowest BCUT2D eigenvalue weighted by atomic mass is 9.92. The summed E-state index contributed by atoms with van der Waals surface area (Å²) in [4.78, 5) is 30.7. The molecule has 0 bridgehead atoms. The summed E-state index contributed by atoms with van der Waals surface area (Å²) in [5.74, 6) is 1.66. The van der Waals surface area contributed by atoms with E-state index in [2.05, 4.69) is 18.8 Å². The first-order valence-corrected chi connectivity index (χ1v) is 14.8. The minimum absolute atomic E-state index is 0.0296. The molecule has 4 rings (SSSR count). The van der Waals surface area contributed by atoms with E-state index in [-0.39, 0.29) is 12.5 Å². The number of ether oxygens (including phenoxy) is 2. The number of carboxylic acid groups (broad SMARTS) is 1. The fourth-order valence-electron chi connectivity index (χ4n) is 5.27. The molecule has 2 aromatic carbocycles. The SMILES string of the molecule is CCCCC(CC)COC(=O)N1CCc2c(OCCc3nc(-c4ccccc4)oc3C)ccc(CCC(=O)O)c2C1. The maximum atomic E-state index is 13.0. The summed E-state index contributed by atoms with van der Waals surface area (Å²) < 4.78 is 17.9. The number of rotatable bonds is 14. The topological polar surface area (TPSA) is 102 Å². The fraction of sp³-hybridized carbons (Fsp3) is 0.485. The molecule has 3 aromatic rings. The van der Waals surface area contributed by atoms with Gasteiger partial charge in [-0.15, -0.1) is 0 Å². The monoisotopic (exact) mass is 562 g/mol. The van der Waals surface area contributed by atoms with Crippen LogP contribution in [0.4, 0.5) is 4.79 Å². The number of carbonyl (C=O) groups excluding carboxylic acids is 1. The molecule has 2 heterocycles. The highest BCUT2D eigenvalue weighted by Gasteiger charge is 2.27. The van der Waals surface area contributed by atoms with Crippen molar-refractivity contribution in [1.82, 2.24) is 9.88 Å². The lowest BCUT2D eigenvalue weighted by Crippen LogP contribution is -2.37. The molecule has 0 fully saturated rings. The van der Waals surface area contributed by atoms with Gasteiger partial charge in [-0.1, -0.05) is 57.4 Å². The summed E-state index contributed by atoms with van der Waals surface area (Å²) >= 11 is 0. The molecule has 1 atom stereocenters. The first-order chi connectivity index (χ1) is 19.9. The van der Waals surface area contributed by atoms with Crippen LogP contribution in [0, 0.1) is 12.8 Å². The van der Waals surface area contributed by atoms with Crippen LogP contribution in [0.2, 0.25) is 0 Å². The number of unbranched alkanes of at least 4 members (excludes halogenated alkanes) is 1. The molecule has 41 heavy (non-hydrogen) atoms. The Hall–Kier alpha value is -3.81. The van der Waals surface area contributed by atoms with Crippen LogP contribution in [0.1, 0.15) is 74.1 Å². The van der Waals surface area contributed by atoms with Crippen molar-refractivity contribution in [3.05, 3.63) is 70.6 Å². The van der Waals surface area contributed by atoms with Crippen LogP contribution in [0.3, 0.4) is 0 Å². The molecule has 1 aromatic heterocycles. The van der Waals surface area contributed by atoms with Gasteiger partial charge in [-0.3, -0.25) is 4.79 Å². The first-order valence-electron chi connectivity index (χ1n) is 14.8. The van der Waals surface area contributed by atoms with E-state index in [1.54, 1.807) is 4.90 Å². The maximum absolute atomic E-state index is 13.0. The quantitative estimate of drug-likeness (QED) is 0.226. The van der Waals surface area contributed by atoms with Crippen molar-refractivity contribution in [3.63, 3.8) is 0 Å². The fourth-order valence-corrected chi connectivity index (χ4v) is 5.27. The number of fused-ring (bicyclic) bond motifs is 1. The van der Waals surface area contributed by atoms with Crippen LogP contribution < -0.4 is 4.74 Å². The van der Waals surface area contributed by atoms with Crippen molar-refractivity contribution < 1.29 is 28.6 Å². The Balaban J connectivity index is 1.43. The molecular weight excluding hydrogens is 520 g/mol. The van der Waals surface area contributed by atoms with Crippen molar-refractivity contribution >= 4 is 12.1 Å². The molecule has 1 aliphatic rings. The van der Waals surface area contributed by atoms with Gasteiger partial charge in [0.2, 0.25) is 5.89 Å². The van der Waals surface area contributed by atoms with Crippen LogP contribution in [-0.4, -0.2) is 46.8 Å². The zero-order chi connectivity index (χ0) is 29.2. The third kappa shape index (κ3) is 8.12. The number of nitrogens with zero attached hydrogens (tertiary/aromatic N) is 2. The van der Waals surface area contributed by atoms with Gasteiger partial charge < -0.3 is 23.9 Å². The lowest BCUT2D eigenvalue weighted by molar-refractivity contribution is -0.136. The normalized spacial score (nSPS) is 13.5. The highest BCUT2D eigenvalue weighted by molar-refractivity contribution is 5.69. The van der Waals surface area contributed by atoms with Gasteiger partial charge in [0, 0.05) is 37.1 Å². The van der Waals surface area contributed by atoms with E-state index >= 15 is 0 Å². The number of aliphatic carboxylic acids is 1. The summed E-state index contributed by atoms with van der Waals surface area (Å²) in [6.07, 6.45) is 5.63. The summed E-state index contributed by atoms with van der Waals surface area (Å²) in [5.41, 5.74) is 4.72. The van der Waals surface area contributed by atoms with Crippen molar-refractivity contribution in [2.75, 3.05) is 19.8 Å². The Kier molecular flexibility index (Phi) is 10.8. The Morgan fingerprint density at radius 1 is 1.10 bits per heavy atom. The number of hydrogen-bond acceptors (Lipinski definition) is 6. The van der Waals surface area contributed by atoms with Crippen LogP contribution in [0.5, 0.6) is 5.75 Å².